The maximum Gasteiger partial charge on any atom is 0.219 e. The van der Waals surface area contributed by atoms with Gasteiger partial charge in [0.15, 0.2) is 11.6 Å². The monoisotopic (exact) mass is 266 g/mol. The second kappa shape index (κ2) is 5.05. The molecule has 1 aromatic carbocycles. The molecule has 0 saturated carbocycles. The van der Waals surface area contributed by atoms with Crippen molar-refractivity contribution in [2.45, 2.75) is 0 Å². The molecule has 0 atom stereocenters. The normalized spacial score (nSPS) is 10.1. The molecule has 92 valence electrons. The van der Waals surface area contributed by atoms with E-state index in [1.165, 1.54) is 6.07 Å². The van der Waals surface area contributed by atoms with Gasteiger partial charge < -0.3 is 10.5 Å². The molecule has 0 aliphatic carbocycles. The second-order valence-electron chi connectivity index (χ2n) is 3.40. The molecule has 18 heavy (non-hydrogen) atoms. The lowest BCUT2D eigenvalue weighted by Crippen LogP contribution is -2.11. The van der Waals surface area contributed by atoms with E-state index < -0.39 is 11.6 Å². The van der Waals surface area contributed by atoms with Crippen molar-refractivity contribution in [3.05, 3.63) is 53.7 Å². The van der Waals surface area contributed by atoms with E-state index in [4.69, 9.17) is 22.7 Å². The van der Waals surface area contributed by atoms with Gasteiger partial charge in [-0.2, -0.15) is 0 Å². The molecule has 0 spiro atoms. The molecular weight excluding hydrogens is 258 g/mol. The Labute approximate surface area is 107 Å². The van der Waals surface area contributed by atoms with Crippen LogP contribution in [0.1, 0.15) is 5.69 Å². The average Bonchev–Trinajstić information content (AvgIpc) is 2.34. The molecule has 1 aromatic heterocycles. The van der Waals surface area contributed by atoms with Crippen LogP contribution in [-0.2, 0) is 0 Å². The molecule has 3 nitrogen and oxygen atoms in total. The number of pyridine rings is 1. The van der Waals surface area contributed by atoms with Crippen molar-refractivity contribution in [3.63, 3.8) is 0 Å². The van der Waals surface area contributed by atoms with Gasteiger partial charge in [0.1, 0.15) is 16.4 Å². The van der Waals surface area contributed by atoms with Gasteiger partial charge in [0.05, 0.1) is 0 Å². The van der Waals surface area contributed by atoms with Crippen LogP contribution >= 0.6 is 12.2 Å². The molecule has 0 unspecified atom stereocenters. The van der Waals surface area contributed by atoms with E-state index in [0.29, 0.717) is 5.69 Å². The fourth-order valence-electron chi connectivity index (χ4n) is 1.27. The summed E-state index contributed by atoms with van der Waals surface area (Å²) < 4.78 is 31.0. The first-order valence-corrected chi connectivity index (χ1v) is 5.37. The molecule has 6 heteroatoms. The minimum absolute atomic E-state index is 0.130. The molecule has 0 fully saturated rings. The topological polar surface area (TPSA) is 48.1 Å². The average molecular weight is 266 g/mol. The molecule has 2 rings (SSSR count). The van der Waals surface area contributed by atoms with Crippen molar-refractivity contribution >= 4 is 17.2 Å². The Morgan fingerprint density at radius 2 is 1.94 bits per heavy atom. The van der Waals surface area contributed by atoms with Crippen LogP contribution in [0.25, 0.3) is 0 Å². The molecule has 0 saturated heterocycles. The zero-order valence-corrected chi connectivity index (χ0v) is 9.88. The molecule has 2 aromatic rings. The minimum atomic E-state index is -0.988. The minimum Gasteiger partial charge on any atom is -0.439 e. The smallest absolute Gasteiger partial charge is 0.219 e. The zero-order chi connectivity index (χ0) is 13.1. The Bertz CT molecular complexity index is 604. The Balaban J connectivity index is 2.25. The van der Waals surface area contributed by atoms with Crippen molar-refractivity contribution in [1.29, 1.82) is 0 Å². The highest BCUT2D eigenvalue weighted by Gasteiger charge is 2.06. The Morgan fingerprint density at radius 3 is 2.61 bits per heavy atom. The first kappa shape index (κ1) is 12.4. The lowest BCUT2D eigenvalue weighted by atomic mass is 10.3. The predicted octanol–water partition coefficient (Wildman–Crippen LogP) is 2.79. The van der Waals surface area contributed by atoms with Crippen molar-refractivity contribution in [2.75, 3.05) is 0 Å². The van der Waals surface area contributed by atoms with Crippen molar-refractivity contribution < 1.29 is 13.5 Å². The number of hydrogen-bond donors (Lipinski definition) is 1. The summed E-state index contributed by atoms with van der Waals surface area (Å²) in [5, 5.41) is 0. The van der Waals surface area contributed by atoms with Crippen LogP contribution in [0.2, 0.25) is 0 Å². The van der Waals surface area contributed by atoms with E-state index >= 15 is 0 Å². The first-order chi connectivity index (χ1) is 8.56. The van der Waals surface area contributed by atoms with E-state index in [2.05, 4.69) is 4.98 Å². The van der Waals surface area contributed by atoms with E-state index in [9.17, 15) is 8.78 Å². The van der Waals surface area contributed by atoms with Crippen LogP contribution in [0, 0.1) is 11.6 Å². The number of ether oxygens (including phenoxy) is 1. The van der Waals surface area contributed by atoms with E-state index in [1.54, 1.807) is 18.2 Å². The summed E-state index contributed by atoms with van der Waals surface area (Å²) >= 11 is 4.77. The first-order valence-electron chi connectivity index (χ1n) is 4.96. The van der Waals surface area contributed by atoms with Crippen LogP contribution < -0.4 is 10.5 Å². The van der Waals surface area contributed by atoms with Crippen LogP contribution in [0.3, 0.4) is 0 Å². The van der Waals surface area contributed by atoms with Gasteiger partial charge in [0.25, 0.3) is 0 Å². The summed E-state index contributed by atoms with van der Waals surface area (Å²) in [5.41, 5.74) is 5.82. The van der Waals surface area contributed by atoms with Gasteiger partial charge in [-0.1, -0.05) is 18.3 Å². The summed E-state index contributed by atoms with van der Waals surface area (Å²) in [4.78, 5) is 4.15. The lowest BCUT2D eigenvalue weighted by molar-refractivity contribution is 0.447. The summed E-state index contributed by atoms with van der Waals surface area (Å²) in [7, 11) is 0. The number of thiocarbonyl (C=S) groups is 1. The largest absolute Gasteiger partial charge is 0.439 e. The standard InChI is InChI=1S/C12H8F2N2OS/c13-8-5-4-7(6-9(8)14)17-11-3-1-2-10(16-11)12(15)18/h1-6H,(H2,15,18). The fourth-order valence-corrected chi connectivity index (χ4v) is 1.38. The maximum absolute atomic E-state index is 13.0. The maximum atomic E-state index is 13.0. The van der Waals surface area contributed by atoms with Crippen molar-refractivity contribution in [2.24, 2.45) is 5.73 Å². The molecule has 0 aliphatic heterocycles. The summed E-state index contributed by atoms with van der Waals surface area (Å²) in [5.74, 6) is -1.59. The quantitative estimate of drug-likeness (QED) is 0.868. The number of nitrogens with two attached hydrogens (primary N) is 1. The molecule has 2 N–H and O–H groups in total. The molecule has 0 bridgehead atoms. The summed E-state index contributed by atoms with van der Waals surface area (Å²) in [6.07, 6.45) is 0. The number of nitrogens with zero attached hydrogens (tertiary/aromatic N) is 1. The third-order valence-corrected chi connectivity index (χ3v) is 2.30. The molecule has 0 radical (unpaired) electrons. The van der Waals surface area contributed by atoms with Gasteiger partial charge >= 0.3 is 0 Å². The zero-order valence-electron chi connectivity index (χ0n) is 9.06. The predicted molar refractivity (Wildman–Crippen MR) is 66.6 cm³/mol. The van der Waals surface area contributed by atoms with E-state index in [1.807, 2.05) is 0 Å². The lowest BCUT2D eigenvalue weighted by Gasteiger charge is -2.06. The third-order valence-electron chi connectivity index (χ3n) is 2.09. The van der Waals surface area contributed by atoms with Gasteiger partial charge in [0, 0.05) is 12.1 Å². The number of benzene rings is 1. The number of hydrogen-bond acceptors (Lipinski definition) is 3. The van der Waals surface area contributed by atoms with Gasteiger partial charge in [-0.05, 0) is 18.2 Å². The van der Waals surface area contributed by atoms with E-state index in [0.717, 1.165) is 12.1 Å². The summed E-state index contributed by atoms with van der Waals surface area (Å²) in [6.45, 7) is 0. The highest BCUT2D eigenvalue weighted by Crippen LogP contribution is 2.21. The number of aromatic nitrogens is 1. The van der Waals surface area contributed by atoms with Crippen LogP contribution in [0.5, 0.6) is 11.6 Å². The van der Waals surface area contributed by atoms with Crippen LogP contribution in [0.4, 0.5) is 8.78 Å². The summed E-state index contributed by atoms with van der Waals surface area (Å²) in [6, 6.07) is 8.04. The van der Waals surface area contributed by atoms with Crippen molar-refractivity contribution in [1.82, 2.24) is 4.98 Å². The molecular formula is C12H8F2N2OS. The Kier molecular flexibility index (Phi) is 3.47. The van der Waals surface area contributed by atoms with Crippen LogP contribution in [0.15, 0.2) is 36.4 Å². The molecule has 1 heterocycles. The SMILES string of the molecule is NC(=S)c1cccc(Oc2ccc(F)c(F)c2)n1. The van der Waals surface area contributed by atoms with Gasteiger partial charge in [-0.25, -0.2) is 13.8 Å². The Hall–Kier alpha value is -2.08. The van der Waals surface area contributed by atoms with E-state index in [-0.39, 0.29) is 16.6 Å². The molecule has 0 amide bonds. The van der Waals surface area contributed by atoms with Gasteiger partial charge in [0.2, 0.25) is 5.88 Å². The highest BCUT2D eigenvalue weighted by molar-refractivity contribution is 7.80. The molecule has 0 aliphatic rings. The second-order valence-corrected chi connectivity index (χ2v) is 3.84. The third kappa shape index (κ3) is 2.78. The number of rotatable bonds is 3. The number of halogens is 2. The fraction of sp³-hybridized carbons (Fsp3) is 0. The van der Waals surface area contributed by atoms with Crippen LogP contribution in [-0.4, -0.2) is 9.97 Å². The van der Waals surface area contributed by atoms with Crippen molar-refractivity contribution in [3.8, 4) is 11.6 Å². The highest BCUT2D eigenvalue weighted by atomic mass is 32.1. The van der Waals surface area contributed by atoms with Gasteiger partial charge in [-0.3, -0.25) is 0 Å². The Morgan fingerprint density at radius 1 is 1.17 bits per heavy atom. The van der Waals surface area contributed by atoms with Gasteiger partial charge in [-0.15, -0.1) is 0 Å².